The highest BCUT2D eigenvalue weighted by Gasteiger charge is 1.93. The van der Waals surface area contributed by atoms with Crippen LogP contribution < -0.4 is 5.32 Å². The third-order valence-corrected chi connectivity index (χ3v) is 1.53. The Hall–Kier alpha value is -0.820. The van der Waals surface area contributed by atoms with Crippen LogP contribution in [0.1, 0.15) is 20.8 Å². The molecule has 1 nitrogen and oxygen atoms in total. The first-order chi connectivity index (χ1) is 5.57. The van der Waals surface area contributed by atoms with E-state index >= 15 is 0 Å². The molecule has 1 N–H and O–H groups in total. The second kappa shape index (κ2) is 5.78. The summed E-state index contributed by atoms with van der Waals surface area (Å²) in [5, 5.41) is 3.11. The van der Waals surface area contributed by atoms with Gasteiger partial charge in [-0.1, -0.05) is 29.9 Å². The van der Waals surface area contributed by atoms with E-state index in [-0.39, 0.29) is 0 Å². The van der Waals surface area contributed by atoms with E-state index in [0.717, 1.165) is 12.1 Å². The van der Waals surface area contributed by atoms with Gasteiger partial charge in [0.15, 0.2) is 0 Å². The molecule has 0 unspecified atom stereocenters. The third kappa shape index (κ3) is 4.91. The molecule has 0 rings (SSSR count). The molecular formula is C11H19N. The van der Waals surface area contributed by atoms with Crippen molar-refractivity contribution in [1.29, 1.82) is 0 Å². The van der Waals surface area contributed by atoms with E-state index in [1.54, 1.807) is 0 Å². The lowest BCUT2D eigenvalue weighted by molar-refractivity contribution is 0.885. The molecular weight excluding hydrogens is 146 g/mol. The van der Waals surface area contributed by atoms with Crippen molar-refractivity contribution in [2.24, 2.45) is 0 Å². The van der Waals surface area contributed by atoms with Crippen LogP contribution >= 0.6 is 0 Å². The molecule has 0 saturated carbocycles. The van der Waals surface area contributed by atoms with Crippen LogP contribution in [-0.4, -0.2) is 13.6 Å². The summed E-state index contributed by atoms with van der Waals surface area (Å²) in [7, 11) is 1.94. The predicted molar refractivity (Wildman–Crippen MR) is 56.3 cm³/mol. The summed E-state index contributed by atoms with van der Waals surface area (Å²) in [6, 6.07) is 0. The summed E-state index contributed by atoms with van der Waals surface area (Å²) in [5.74, 6) is 0. The molecule has 0 radical (unpaired) electrons. The minimum absolute atomic E-state index is 0.888. The van der Waals surface area contributed by atoms with Gasteiger partial charge in [-0.2, -0.15) is 0 Å². The van der Waals surface area contributed by atoms with Crippen LogP contribution in [0, 0.1) is 0 Å². The zero-order valence-corrected chi connectivity index (χ0v) is 8.57. The van der Waals surface area contributed by atoms with Crippen molar-refractivity contribution in [2.45, 2.75) is 20.8 Å². The molecule has 12 heavy (non-hydrogen) atoms. The molecule has 0 fully saturated rings. The number of rotatable bonds is 4. The van der Waals surface area contributed by atoms with Gasteiger partial charge < -0.3 is 5.32 Å². The lowest BCUT2D eigenvalue weighted by Crippen LogP contribution is -2.10. The zero-order valence-electron chi connectivity index (χ0n) is 8.57. The fraction of sp³-hybridized carbons (Fsp3) is 0.455. The molecule has 0 atom stereocenters. The molecule has 1 heteroatoms. The van der Waals surface area contributed by atoms with Gasteiger partial charge in [-0.25, -0.2) is 0 Å². The predicted octanol–water partition coefficient (Wildman–Crippen LogP) is 2.67. The maximum absolute atomic E-state index is 3.91. The first-order valence-corrected chi connectivity index (χ1v) is 4.22. The van der Waals surface area contributed by atoms with Crippen molar-refractivity contribution in [2.75, 3.05) is 13.6 Å². The van der Waals surface area contributed by atoms with Gasteiger partial charge in [0.25, 0.3) is 0 Å². The molecule has 0 aromatic heterocycles. The second-order valence-corrected chi connectivity index (χ2v) is 3.25. The van der Waals surface area contributed by atoms with Gasteiger partial charge in [0.2, 0.25) is 0 Å². The largest absolute Gasteiger partial charge is 0.316 e. The van der Waals surface area contributed by atoms with Crippen molar-refractivity contribution in [3.8, 4) is 0 Å². The number of nitrogens with one attached hydrogen (secondary N) is 1. The Kier molecular flexibility index (Phi) is 5.39. The highest BCUT2D eigenvalue weighted by Crippen LogP contribution is 2.06. The van der Waals surface area contributed by atoms with Crippen LogP contribution in [0.25, 0.3) is 0 Å². The Morgan fingerprint density at radius 1 is 1.25 bits per heavy atom. The van der Waals surface area contributed by atoms with Crippen molar-refractivity contribution < 1.29 is 0 Å². The lowest BCUT2D eigenvalue weighted by atomic mass is 10.1. The van der Waals surface area contributed by atoms with Crippen molar-refractivity contribution in [3.05, 3.63) is 35.5 Å². The number of allylic oxidation sites excluding steroid dienone is 3. The molecule has 0 aliphatic rings. The van der Waals surface area contributed by atoms with Crippen LogP contribution in [0.3, 0.4) is 0 Å². The molecule has 0 spiro atoms. The topological polar surface area (TPSA) is 12.0 Å². The number of hydrogen-bond acceptors (Lipinski definition) is 1. The van der Waals surface area contributed by atoms with Gasteiger partial charge in [0, 0.05) is 6.54 Å². The molecule has 68 valence electrons. The Bertz CT molecular complexity index is 205. The Balaban J connectivity index is 4.39. The Labute approximate surface area is 75.9 Å². The van der Waals surface area contributed by atoms with E-state index in [1.807, 2.05) is 14.0 Å². The smallest absolute Gasteiger partial charge is 0.0204 e. The minimum Gasteiger partial charge on any atom is -0.316 e. The molecule has 0 bridgehead atoms. The van der Waals surface area contributed by atoms with Crippen molar-refractivity contribution in [3.63, 3.8) is 0 Å². The van der Waals surface area contributed by atoms with E-state index in [1.165, 1.54) is 11.1 Å². The SMILES string of the molecule is C=C(C)/C(=C\C=C(C)C)CNC. The van der Waals surface area contributed by atoms with Gasteiger partial charge in [0.1, 0.15) is 0 Å². The summed E-state index contributed by atoms with van der Waals surface area (Å²) in [6.07, 6.45) is 4.23. The first kappa shape index (κ1) is 11.2. The van der Waals surface area contributed by atoms with Crippen molar-refractivity contribution in [1.82, 2.24) is 5.32 Å². The fourth-order valence-electron chi connectivity index (χ4n) is 0.810. The molecule has 0 saturated heterocycles. The average Bonchev–Trinajstić information content (AvgIpc) is 1.96. The monoisotopic (exact) mass is 165 g/mol. The number of likely N-dealkylation sites (N-methyl/N-ethyl adjacent to an activating group) is 1. The molecule has 0 aromatic carbocycles. The van der Waals surface area contributed by atoms with Crippen LogP contribution in [0.2, 0.25) is 0 Å². The van der Waals surface area contributed by atoms with E-state index in [0.29, 0.717) is 0 Å². The average molecular weight is 165 g/mol. The van der Waals surface area contributed by atoms with Gasteiger partial charge in [-0.3, -0.25) is 0 Å². The maximum atomic E-state index is 3.91. The summed E-state index contributed by atoms with van der Waals surface area (Å²) in [5.41, 5.74) is 3.70. The highest BCUT2D eigenvalue weighted by molar-refractivity contribution is 5.31. The van der Waals surface area contributed by atoms with E-state index in [4.69, 9.17) is 0 Å². The standard InChI is InChI=1S/C11H19N/c1-9(2)6-7-11(8-12-5)10(3)4/h6-7,12H,3,8H2,1-2,4-5H3/b11-7-. The summed E-state index contributed by atoms with van der Waals surface area (Å²) >= 11 is 0. The summed E-state index contributed by atoms with van der Waals surface area (Å²) in [4.78, 5) is 0. The Morgan fingerprint density at radius 3 is 2.17 bits per heavy atom. The van der Waals surface area contributed by atoms with Crippen LogP contribution in [0.4, 0.5) is 0 Å². The van der Waals surface area contributed by atoms with E-state index in [9.17, 15) is 0 Å². The van der Waals surface area contributed by atoms with Crippen LogP contribution in [0.5, 0.6) is 0 Å². The second-order valence-electron chi connectivity index (χ2n) is 3.25. The fourth-order valence-corrected chi connectivity index (χ4v) is 0.810. The van der Waals surface area contributed by atoms with Crippen LogP contribution in [-0.2, 0) is 0 Å². The van der Waals surface area contributed by atoms with Crippen molar-refractivity contribution >= 4 is 0 Å². The third-order valence-electron chi connectivity index (χ3n) is 1.53. The molecule has 0 heterocycles. The molecule has 0 amide bonds. The van der Waals surface area contributed by atoms with Gasteiger partial charge in [0.05, 0.1) is 0 Å². The molecule has 0 aromatic rings. The normalized spacial score (nSPS) is 11.2. The highest BCUT2D eigenvalue weighted by atomic mass is 14.8. The quantitative estimate of drug-likeness (QED) is 0.631. The van der Waals surface area contributed by atoms with Gasteiger partial charge in [-0.05, 0) is 33.4 Å². The minimum atomic E-state index is 0.888. The Morgan fingerprint density at radius 2 is 1.83 bits per heavy atom. The zero-order chi connectivity index (χ0) is 9.56. The molecule has 0 aliphatic carbocycles. The first-order valence-electron chi connectivity index (χ1n) is 4.22. The summed E-state index contributed by atoms with van der Waals surface area (Å²) < 4.78 is 0. The van der Waals surface area contributed by atoms with Gasteiger partial charge >= 0.3 is 0 Å². The van der Waals surface area contributed by atoms with E-state index < -0.39 is 0 Å². The summed E-state index contributed by atoms with van der Waals surface area (Å²) in [6.45, 7) is 11.0. The maximum Gasteiger partial charge on any atom is 0.0204 e. The van der Waals surface area contributed by atoms with Gasteiger partial charge in [-0.15, -0.1) is 0 Å². The molecule has 0 aliphatic heterocycles. The lowest BCUT2D eigenvalue weighted by Gasteiger charge is -2.04. The van der Waals surface area contributed by atoms with Crippen LogP contribution in [0.15, 0.2) is 35.5 Å². The number of hydrogen-bond donors (Lipinski definition) is 1. The van der Waals surface area contributed by atoms with E-state index in [2.05, 4.69) is 37.9 Å².